The first-order chi connectivity index (χ1) is 11.8. The largest absolute Gasteiger partial charge is 0.482 e. The molecule has 0 heterocycles. The van der Waals surface area contributed by atoms with Gasteiger partial charge < -0.3 is 9.64 Å². The van der Waals surface area contributed by atoms with Gasteiger partial charge in [-0.1, -0.05) is 35.3 Å². The second-order valence-electron chi connectivity index (χ2n) is 5.57. The lowest BCUT2D eigenvalue weighted by molar-refractivity contribution is -0.134. The van der Waals surface area contributed by atoms with Gasteiger partial charge in [-0.3, -0.25) is 9.00 Å². The average Bonchev–Trinajstić information content (AvgIpc) is 2.59. The molecule has 0 aliphatic heterocycles. The number of benzene rings is 2. The summed E-state index contributed by atoms with van der Waals surface area (Å²) in [6, 6.07) is 12.1. The molecule has 0 aliphatic carbocycles. The monoisotopic (exact) mass is 399 g/mol. The molecule has 0 fully saturated rings. The number of nitrogens with zero attached hydrogens (tertiary/aromatic N) is 1. The van der Waals surface area contributed by atoms with Gasteiger partial charge in [-0.05, 0) is 42.8 Å². The van der Waals surface area contributed by atoms with Crippen LogP contribution >= 0.6 is 23.2 Å². The molecule has 0 aromatic heterocycles. The number of likely N-dealkylation sites (N-methyl/N-ethyl adjacent to an activating group) is 1. The van der Waals surface area contributed by atoms with Crippen LogP contribution in [0, 0.1) is 0 Å². The second-order valence-corrected chi connectivity index (χ2v) is 7.79. The van der Waals surface area contributed by atoms with Crippen molar-refractivity contribution in [2.75, 3.05) is 19.9 Å². The van der Waals surface area contributed by atoms with E-state index in [9.17, 15) is 9.00 Å². The summed E-state index contributed by atoms with van der Waals surface area (Å²) in [5.41, 5.74) is 0.953. The summed E-state index contributed by atoms with van der Waals surface area (Å²) < 4.78 is 16.9. The normalized spacial score (nSPS) is 13.2. The molecule has 2 aromatic rings. The van der Waals surface area contributed by atoms with E-state index in [4.69, 9.17) is 27.9 Å². The van der Waals surface area contributed by atoms with Crippen molar-refractivity contribution >= 4 is 39.9 Å². The van der Waals surface area contributed by atoms with Gasteiger partial charge in [0.15, 0.2) is 6.61 Å². The third-order valence-corrected chi connectivity index (χ3v) is 5.38. The summed E-state index contributed by atoms with van der Waals surface area (Å²) in [7, 11) is 0.693. The molecule has 134 valence electrons. The molecule has 7 heteroatoms. The van der Waals surface area contributed by atoms with E-state index in [2.05, 4.69) is 0 Å². The summed E-state index contributed by atoms with van der Waals surface area (Å²) in [4.78, 5) is 14.7. The van der Waals surface area contributed by atoms with Crippen LogP contribution in [-0.2, 0) is 15.6 Å². The molecular weight excluding hydrogens is 381 g/mol. The van der Waals surface area contributed by atoms with Crippen LogP contribution in [0.15, 0.2) is 47.4 Å². The topological polar surface area (TPSA) is 46.6 Å². The molecule has 2 atom stereocenters. The third kappa shape index (κ3) is 5.21. The number of amides is 1. The Kier molecular flexibility index (Phi) is 6.87. The van der Waals surface area contributed by atoms with E-state index >= 15 is 0 Å². The van der Waals surface area contributed by atoms with Crippen LogP contribution < -0.4 is 4.74 Å². The van der Waals surface area contributed by atoms with E-state index in [0.29, 0.717) is 15.8 Å². The molecule has 0 aliphatic rings. The quantitative estimate of drug-likeness (QED) is 0.725. The van der Waals surface area contributed by atoms with Gasteiger partial charge in [-0.25, -0.2) is 0 Å². The van der Waals surface area contributed by atoms with Crippen molar-refractivity contribution in [3.8, 4) is 5.75 Å². The SMILES string of the molecule is C[C@H](c1ccc([S@@](C)=O)cc1)N(C)C(=O)COc1ccc(Cl)cc1Cl. The van der Waals surface area contributed by atoms with Crippen LogP contribution in [0.1, 0.15) is 18.5 Å². The van der Waals surface area contributed by atoms with Gasteiger partial charge in [0.05, 0.1) is 11.1 Å². The molecular formula is C18H19Cl2NO3S. The summed E-state index contributed by atoms with van der Waals surface area (Å²) >= 11 is 11.9. The lowest BCUT2D eigenvalue weighted by atomic mass is 10.1. The minimum atomic E-state index is -1.02. The van der Waals surface area contributed by atoms with E-state index in [1.807, 2.05) is 31.2 Å². The molecule has 0 saturated heterocycles. The van der Waals surface area contributed by atoms with Crippen LogP contribution in [0.25, 0.3) is 0 Å². The highest BCUT2D eigenvalue weighted by atomic mass is 35.5. The van der Waals surface area contributed by atoms with Crippen LogP contribution in [0.3, 0.4) is 0 Å². The van der Waals surface area contributed by atoms with Crippen LogP contribution in [0.5, 0.6) is 5.75 Å². The van der Waals surface area contributed by atoms with Crippen molar-refractivity contribution in [1.82, 2.24) is 4.90 Å². The first-order valence-electron chi connectivity index (χ1n) is 7.56. The number of carbonyl (C=O) groups is 1. The first-order valence-corrected chi connectivity index (χ1v) is 9.88. The number of hydrogen-bond acceptors (Lipinski definition) is 3. The van der Waals surface area contributed by atoms with Gasteiger partial charge in [0.2, 0.25) is 0 Å². The predicted molar refractivity (Wildman–Crippen MR) is 102 cm³/mol. The lowest BCUT2D eigenvalue weighted by Gasteiger charge is -2.25. The van der Waals surface area contributed by atoms with Gasteiger partial charge in [0.25, 0.3) is 5.91 Å². The predicted octanol–water partition coefficient (Wildman–Crippen LogP) is 4.33. The zero-order chi connectivity index (χ0) is 18.6. The van der Waals surface area contributed by atoms with Gasteiger partial charge >= 0.3 is 0 Å². The maximum atomic E-state index is 12.4. The van der Waals surface area contributed by atoms with E-state index in [1.54, 1.807) is 36.4 Å². The molecule has 0 radical (unpaired) electrons. The highest BCUT2D eigenvalue weighted by Gasteiger charge is 2.18. The lowest BCUT2D eigenvalue weighted by Crippen LogP contribution is -2.33. The molecule has 2 aromatic carbocycles. The van der Waals surface area contributed by atoms with Gasteiger partial charge in [0.1, 0.15) is 5.75 Å². The average molecular weight is 400 g/mol. The number of halogens is 2. The van der Waals surface area contributed by atoms with Crippen molar-refractivity contribution in [2.24, 2.45) is 0 Å². The van der Waals surface area contributed by atoms with Crippen molar-refractivity contribution in [2.45, 2.75) is 17.9 Å². The molecule has 2 rings (SSSR count). The summed E-state index contributed by atoms with van der Waals surface area (Å²) in [6.45, 7) is 1.80. The molecule has 25 heavy (non-hydrogen) atoms. The van der Waals surface area contributed by atoms with E-state index in [-0.39, 0.29) is 18.6 Å². The maximum Gasteiger partial charge on any atom is 0.260 e. The van der Waals surface area contributed by atoms with E-state index in [0.717, 1.165) is 10.5 Å². The van der Waals surface area contributed by atoms with Crippen LogP contribution in [-0.4, -0.2) is 34.9 Å². The zero-order valence-corrected chi connectivity index (χ0v) is 16.5. The highest BCUT2D eigenvalue weighted by molar-refractivity contribution is 7.84. The van der Waals surface area contributed by atoms with E-state index < -0.39 is 10.8 Å². The standard InChI is InChI=1S/C18H19Cl2NO3S/c1-12(13-4-7-15(8-5-13)25(3)23)21(2)18(22)11-24-17-9-6-14(19)10-16(17)20/h4-10,12H,11H2,1-3H3/t12-,25-/m1/s1. The Morgan fingerprint density at radius 1 is 1.20 bits per heavy atom. The number of carbonyl (C=O) groups excluding carboxylic acids is 1. The molecule has 0 N–H and O–H groups in total. The van der Waals surface area contributed by atoms with E-state index in [1.165, 1.54) is 0 Å². The minimum absolute atomic E-state index is 0.126. The Hall–Kier alpha value is -1.56. The zero-order valence-electron chi connectivity index (χ0n) is 14.2. The second kappa shape index (κ2) is 8.70. The third-order valence-electron chi connectivity index (χ3n) is 3.91. The smallest absolute Gasteiger partial charge is 0.260 e. The van der Waals surface area contributed by atoms with Crippen molar-refractivity contribution in [1.29, 1.82) is 0 Å². The molecule has 0 saturated carbocycles. The van der Waals surface area contributed by atoms with Crippen molar-refractivity contribution < 1.29 is 13.7 Å². The van der Waals surface area contributed by atoms with Gasteiger partial charge in [-0.2, -0.15) is 0 Å². The van der Waals surface area contributed by atoms with Gasteiger partial charge in [0, 0.05) is 34.0 Å². The summed E-state index contributed by atoms with van der Waals surface area (Å²) in [5.74, 6) is 0.233. The van der Waals surface area contributed by atoms with Crippen molar-refractivity contribution in [3.05, 3.63) is 58.1 Å². The van der Waals surface area contributed by atoms with Gasteiger partial charge in [-0.15, -0.1) is 0 Å². The fourth-order valence-corrected chi connectivity index (χ4v) is 3.19. The maximum absolute atomic E-state index is 12.4. The summed E-state index contributed by atoms with van der Waals surface area (Å²) in [5, 5.41) is 0.866. The molecule has 0 spiro atoms. The van der Waals surface area contributed by atoms with Crippen LogP contribution in [0.4, 0.5) is 0 Å². The van der Waals surface area contributed by atoms with Crippen LogP contribution in [0.2, 0.25) is 10.0 Å². The molecule has 4 nitrogen and oxygen atoms in total. The Morgan fingerprint density at radius 2 is 1.84 bits per heavy atom. The Morgan fingerprint density at radius 3 is 2.40 bits per heavy atom. The number of hydrogen-bond donors (Lipinski definition) is 0. The fourth-order valence-electron chi connectivity index (χ4n) is 2.21. The highest BCUT2D eigenvalue weighted by Crippen LogP contribution is 2.27. The Balaban J connectivity index is 1.99. The Labute approximate surface area is 160 Å². The Bertz CT molecular complexity index is 780. The molecule has 0 bridgehead atoms. The van der Waals surface area contributed by atoms with Crippen molar-refractivity contribution in [3.63, 3.8) is 0 Å². The fraction of sp³-hybridized carbons (Fsp3) is 0.278. The number of rotatable bonds is 6. The minimum Gasteiger partial charge on any atom is -0.482 e. The number of ether oxygens (including phenoxy) is 1. The summed E-state index contributed by atoms with van der Waals surface area (Å²) in [6.07, 6.45) is 1.63. The first kappa shape index (κ1) is 19.8. The molecule has 0 unspecified atom stereocenters. The molecule has 1 amide bonds.